The van der Waals surface area contributed by atoms with Crippen molar-refractivity contribution < 1.29 is 0 Å². The molecule has 4 heteroatoms. The fourth-order valence-electron chi connectivity index (χ4n) is 2.37. The Morgan fingerprint density at radius 3 is 2.56 bits per heavy atom. The number of nitrogens with zero attached hydrogens (tertiary/aromatic N) is 2. The number of hydrogen-bond donors (Lipinski definition) is 1. The summed E-state index contributed by atoms with van der Waals surface area (Å²) < 4.78 is 3.04. The Morgan fingerprint density at radius 1 is 1.28 bits per heavy atom. The van der Waals surface area contributed by atoms with Crippen LogP contribution in [0, 0.1) is 13.8 Å². The van der Waals surface area contributed by atoms with Gasteiger partial charge in [-0.05, 0) is 38.0 Å². The summed E-state index contributed by atoms with van der Waals surface area (Å²) >= 11 is 3.55. The molecule has 0 radical (unpaired) electrons. The molecule has 0 saturated carbocycles. The van der Waals surface area contributed by atoms with Crippen LogP contribution in [-0.2, 0) is 13.0 Å². The lowest BCUT2D eigenvalue weighted by atomic mass is 10.1. The largest absolute Gasteiger partial charge is 0.326 e. The molecule has 0 aliphatic carbocycles. The van der Waals surface area contributed by atoms with Gasteiger partial charge in [-0.3, -0.25) is 0 Å². The molecule has 0 fully saturated rings. The van der Waals surface area contributed by atoms with Crippen molar-refractivity contribution in [2.75, 3.05) is 0 Å². The molecule has 0 aliphatic rings. The Labute approximate surface area is 116 Å². The van der Waals surface area contributed by atoms with Gasteiger partial charge in [0, 0.05) is 22.3 Å². The molecule has 2 aromatic rings. The molecule has 2 rings (SSSR count). The van der Waals surface area contributed by atoms with E-state index in [4.69, 9.17) is 5.73 Å². The van der Waals surface area contributed by atoms with Gasteiger partial charge in [-0.15, -0.1) is 0 Å². The highest BCUT2D eigenvalue weighted by atomic mass is 79.9. The third-order valence-corrected chi connectivity index (χ3v) is 4.06. The number of halogens is 1. The normalized spacial score (nSPS) is 10.9. The molecule has 1 aromatic heterocycles. The number of rotatable bonds is 3. The summed E-state index contributed by atoms with van der Waals surface area (Å²) in [5, 5.41) is 4.64. The highest BCUT2D eigenvalue weighted by molar-refractivity contribution is 9.10. The average Bonchev–Trinajstić information content (AvgIpc) is 2.64. The molecular weight excluding hydrogens is 290 g/mol. The molecule has 96 valence electrons. The van der Waals surface area contributed by atoms with E-state index in [9.17, 15) is 0 Å². The quantitative estimate of drug-likeness (QED) is 0.945. The second-order valence-electron chi connectivity index (χ2n) is 4.36. The minimum absolute atomic E-state index is 0.497. The standard InChI is InChI=1S/C14H18BrN3/c1-4-11-9(2)17-18(10(11)3)14-7-5-6-13(15)12(14)8-16/h5-7H,4,8,16H2,1-3H3. The molecule has 0 spiro atoms. The first-order valence-electron chi connectivity index (χ1n) is 6.13. The summed E-state index contributed by atoms with van der Waals surface area (Å²) in [5.74, 6) is 0. The van der Waals surface area contributed by atoms with E-state index in [2.05, 4.69) is 47.9 Å². The molecule has 1 aromatic carbocycles. The van der Waals surface area contributed by atoms with E-state index in [0.29, 0.717) is 6.54 Å². The summed E-state index contributed by atoms with van der Waals surface area (Å²) in [6.45, 7) is 6.82. The van der Waals surface area contributed by atoms with Gasteiger partial charge in [0.1, 0.15) is 0 Å². The fraction of sp³-hybridized carbons (Fsp3) is 0.357. The van der Waals surface area contributed by atoms with Crippen LogP contribution in [-0.4, -0.2) is 9.78 Å². The highest BCUT2D eigenvalue weighted by Gasteiger charge is 2.14. The van der Waals surface area contributed by atoms with Crippen LogP contribution in [0.3, 0.4) is 0 Å². The van der Waals surface area contributed by atoms with E-state index in [1.54, 1.807) is 0 Å². The first-order valence-corrected chi connectivity index (χ1v) is 6.92. The zero-order valence-electron chi connectivity index (χ0n) is 11.0. The van der Waals surface area contributed by atoms with Crippen LogP contribution in [0.1, 0.15) is 29.4 Å². The zero-order valence-corrected chi connectivity index (χ0v) is 12.6. The van der Waals surface area contributed by atoms with Gasteiger partial charge in [-0.25, -0.2) is 4.68 Å². The number of benzene rings is 1. The Bertz CT molecular complexity index is 573. The van der Waals surface area contributed by atoms with E-state index in [1.807, 2.05) is 16.8 Å². The number of hydrogen-bond acceptors (Lipinski definition) is 2. The second kappa shape index (κ2) is 5.24. The van der Waals surface area contributed by atoms with E-state index in [0.717, 1.165) is 27.8 Å². The van der Waals surface area contributed by atoms with Crippen molar-refractivity contribution in [3.8, 4) is 5.69 Å². The molecule has 0 amide bonds. The predicted molar refractivity (Wildman–Crippen MR) is 78.0 cm³/mol. The van der Waals surface area contributed by atoms with Crippen LogP contribution in [0.25, 0.3) is 5.69 Å². The van der Waals surface area contributed by atoms with Crippen molar-refractivity contribution in [2.24, 2.45) is 5.73 Å². The molecular formula is C14H18BrN3. The molecule has 18 heavy (non-hydrogen) atoms. The van der Waals surface area contributed by atoms with Gasteiger partial charge in [0.05, 0.1) is 11.4 Å². The van der Waals surface area contributed by atoms with Crippen LogP contribution in [0.15, 0.2) is 22.7 Å². The maximum atomic E-state index is 5.85. The van der Waals surface area contributed by atoms with Gasteiger partial charge in [0.15, 0.2) is 0 Å². The minimum atomic E-state index is 0.497. The monoisotopic (exact) mass is 307 g/mol. The van der Waals surface area contributed by atoms with Crippen molar-refractivity contribution in [3.63, 3.8) is 0 Å². The lowest BCUT2D eigenvalue weighted by molar-refractivity contribution is 0.815. The number of aryl methyl sites for hydroxylation is 1. The Balaban J connectivity index is 2.66. The maximum absolute atomic E-state index is 5.85. The van der Waals surface area contributed by atoms with Crippen molar-refractivity contribution in [2.45, 2.75) is 33.7 Å². The molecule has 1 heterocycles. The summed E-state index contributed by atoms with van der Waals surface area (Å²) in [6.07, 6.45) is 1.00. The zero-order chi connectivity index (χ0) is 13.3. The van der Waals surface area contributed by atoms with Gasteiger partial charge in [-0.2, -0.15) is 5.10 Å². The van der Waals surface area contributed by atoms with Gasteiger partial charge in [-0.1, -0.05) is 28.9 Å². The second-order valence-corrected chi connectivity index (χ2v) is 5.21. The summed E-state index contributed by atoms with van der Waals surface area (Å²) in [4.78, 5) is 0. The molecule has 0 atom stereocenters. The average molecular weight is 308 g/mol. The van der Waals surface area contributed by atoms with Crippen LogP contribution >= 0.6 is 15.9 Å². The first-order chi connectivity index (χ1) is 8.60. The van der Waals surface area contributed by atoms with Crippen molar-refractivity contribution in [1.82, 2.24) is 9.78 Å². The summed E-state index contributed by atoms with van der Waals surface area (Å²) in [6, 6.07) is 6.09. The lowest BCUT2D eigenvalue weighted by Gasteiger charge is -2.11. The van der Waals surface area contributed by atoms with Gasteiger partial charge < -0.3 is 5.73 Å². The lowest BCUT2D eigenvalue weighted by Crippen LogP contribution is -2.08. The summed E-state index contributed by atoms with van der Waals surface area (Å²) in [5.41, 5.74) is 11.6. The third kappa shape index (κ3) is 2.10. The maximum Gasteiger partial charge on any atom is 0.0705 e. The molecule has 2 N–H and O–H groups in total. The van der Waals surface area contributed by atoms with Crippen molar-refractivity contribution >= 4 is 15.9 Å². The Hall–Kier alpha value is -1.13. The molecule has 3 nitrogen and oxygen atoms in total. The Morgan fingerprint density at radius 2 is 2.00 bits per heavy atom. The van der Waals surface area contributed by atoms with E-state index in [-0.39, 0.29) is 0 Å². The molecule has 0 aliphatic heterocycles. The fourth-order valence-corrected chi connectivity index (χ4v) is 2.89. The minimum Gasteiger partial charge on any atom is -0.326 e. The van der Waals surface area contributed by atoms with Crippen molar-refractivity contribution in [1.29, 1.82) is 0 Å². The number of aromatic nitrogens is 2. The van der Waals surface area contributed by atoms with E-state index >= 15 is 0 Å². The highest BCUT2D eigenvalue weighted by Crippen LogP contribution is 2.26. The van der Waals surface area contributed by atoms with Crippen LogP contribution in [0.5, 0.6) is 0 Å². The third-order valence-electron chi connectivity index (χ3n) is 3.32. The first kappa shape index (κ1) is 13.3. The van der Waals surface area contributed by atoms with Crippen LogP contribution in [0.4, 0.5) is 0 Å². The smallest absolute Gasteiger partial charge is 0.0705 e. The topological polar surface area (TPSA) is 43.8 Å². The Kier molecular flexibility index (Phi) is 3.88. The van der Waals surface area contributed by atoms with Gasteiger partial charge in [0.25, 0.3) is 0 Å². The summed E-state index contributed by atoms with van der Waals surface area (Å²) in [7, 11) is 0. The van der Waals surface area contributed by atoms with Crippen molar-refractivity contribution in [3.05, 3.63) is 45.2 Å². The van der Waals surface area contributed by atoms with E-state index in [1.165, 1.54) is 11.3 Å². The molecule has 0 saturated heterocycles. The SMILES string of the molecule is CCc1c(C)nn(-c2cccc(Br)c2CN)c1C. The molecule has 0 bridgehead atoms. The van der Waals surface area contributed by atoms with Crippen LogP contribution in [0.2, 0.25) is 0 Å². The van der Waals surface area contributed by atoms with Gasteiger partial charge >= 0.3 is 0 Å². The van der Waals surface area contributed by atoms with E-state index < -0.39 is 0 Å². The van der Waals surface area contributed by atoms with Crippen LogP contribution < -0.4 is 5.73 Å². The van der Waals surface area contributed by atoms with Gasteiger partial charge in [0.2, 0.25) is 0 Å². The predicted octanol–water partition coefficient (Wildman–Crippen LogP) is 3.27. The molecule has 0 unspecified atom stereocenters. The number of nitrogens with two attached hydrogens (primary N) is 1.